The van der Waals surface area contributed by atoms with E-state index in [1.165, 1.54) is 31.4 Å². The topological polar surface area (TPSA) is 91.7 Å². The largest absolute Gasteiger partial charge is 0.481 e. The lowest BCUT2D eigenvalue weighted by Crippen LogP contribution is -2.03. The maximum absolute atomic E-state index is 11.1. The number of rotatable bonds is 12. The van der Waals surface area contributed by atoms with Crippen molar-refractivity contribution in [1.82, 2.24) is 0 Å². The highest BCUT2D eigenvalue weighted by molar-refractivity contribution is 7.85. The number of benzene rings is 1. The molecular formula is C18H28O5S. The quantitative estimate of drug-likeness (QED) is 0.421. The van der Waals surface area contributed by atoms with Crippen LogP contribution in [0, 0.1) is 0 Å². The van der Waals surface area contributed by atoms with Gasteiger partial charge in [0.25, 0.3) is 10.1 Å². The van der Waals surface area contributed by atoms with Crippen LogP contribution in [0.25, 0.3) is 0 Å². The van der Waals surface area contributed by atoms with Crippen LogP contribution < -0.4 is 0 Å². The molecule has 24 heavy (non-hydrogen) atoms. The van der Waals surface area contributed by atoms with Crippen molar-refractivity contribution >= 4 is 16.1 Å². The minimum atomic E-state index is -4.18. The van der Waals surface area contributed by atoms with Crippen LogP contribution in [-0.4, -0.2) is 24.0 Å². The summed E-state index contributed by atoms with van der Waals surface area (Å²) in [6.45, 7) is 2.17. The van der Waals surface area contributed by atoms with Gasteiger partial charge in [0, 0.05) is 6.42 Å². The first-order chi connectivity index (χ1) is 11.3. The van der Waals surface area contributed by atoms with Crippen molar-refractivity contribution in [3.8, 4) is 0 Å². The van der Waals surface area contributed by atoms with E-state index in [0.29, 0.717) is 6.42 Å². The van der Waals surface area contributed by atoms with E-state index in [4.69, 9.17) is 9.66 Å². The van der Waals surface area contributed by atoms with E-state index in [1.54, 1.807) is 12.1 Å². The zero-order valence-electron chi connectivity index (χ0n) is 14.3. The molecule has 1 aromatic carbocycles. The molecule has 1 rings (SSSR count). The van der Waals surface area contributed by atoms with E-state index >= 15 is 0 Å². The van der Waals surface area contributed by atoms with E-state index < -0.39 is 16.1 Å². The fourth-order valence-electron chi connectivity index (χ4n) is 2.88. The molecule has 0 aliphatic heterocycles. The van der Waals surface area contributed by atoms with Crippen molar-refractivity contribution < 1.29 is 22.9 Å². The summed E-state index contributed by atoms with van der Waals surface area (Å²) in [5.41, 5.74) is 1.00. The van der Waals surface area contributed by atoms with Gasteiger partial charge in [-0.15, -0.1) is 0 Å². The highest BCUT2D eigenvalue weighted by atomic mass is 32.2. The lowest BCUT2D eigenvalue weighted by Gasteiger charge is -2.17. The molecule has 5 nitrogen and oxygen atoms in total. The monoisotopic (exact) mass is 356 g/mol. The van der Waals surface area contributed by atoms with Gasteiger partial charge < -0.3 is 5.11 Å². The number of carboxylic acids is 1. The Labute approximate surface area is 144 Å². The molecule has 0 spiro atoms. The number of aliphatic carboxylic acids is 1. The maximum atomic E-state index is 11.1. The predicted octanol–water partition coefficient (Wildman–Crippen LogP) is 4.63. The van der Waals surface area contributed by atoms with Crippen LogP contribution in [-0.2, 0) is 14.9 Å². The molecule has 0 amide bonds. The Morgan fingerprint density at radius 2 is 1.58 bits per heavy atom. The Balaban J connectivity index is 2.69. The van der Waals surface area contributed by atoms with E-state index in [9.17, 15) is 13.2 Å². The number of carbonyl (C=O) groups is 1. The first kappa shape index (κ1) is 20.6. The summed E-state index contributed by atoms with van der Waals surface area (Å²) >= 11 is 0. The first-order valence-electron chi connectivity index (χ1n) is 8.63. The summed E-state index contributed by atoms with van der Waals surface area (Å²) in [5, 5.41) is 8.80. The highest BCUT2D eigenvalue weighted by Gasteiger charge is 2.14. The predicted molar refractivity (Wildman–Crippen MR) is 93.9 cm³/mol. The fraction of sp³-hybridized carbons (Fsp3) is 0.611. The molecule has 0 aliphatic carbocycles. The Morgan fingerprint density at radius 3 is 2.12 bits per heavy atom. The average Bonchev–Trinajstić information content (AvgIpc) is 2.52. The molecule has 0 heterocycles. The van der Waals surface area contributed by atoms with Gasteiger partial charge in [0.1, 0.15) is 0 Å². The van der Waals surface area contributed by atoms with E-state index in [2.05, 4.69) is 6.92 Å². The molecule has 136 valence electrons. The molecule has 0 bridgehead atoms. The van der Waals surface area contributed by atoms with Crippen molar-refractivity contribution in [2.75, 3.05) is 0 Å². The molecule has 1 atom stereocenters. The minimum absolute atomic E-state index is 0.113. The van der Waals surface area contributed by atoms with Gasteiger partial charge in [-0.05, 0) is 42.9 Å². The van der Waals surface area contributed by atoms with Crippen LogP contribution in [0.4, 0.5) is 0 Å². The van der Waals surface area contributed by atoms with Gasteiger partial charge in [0.05, 0.1) is 4.90 Å². The van der Waals surface area contributed by atoms with E-state index in [-0.39, 0.29) is 17.2 Å². The zero-order valence-corrected chi connectivity index (χ0v) is 15.1. The van der Waals surface area contributed by atoms with Gasteiger partial charge in [-0.25, -0.2) is 0 Å². The Hall–Kier alpha value is -1.40. The number of hydrogen-bond acceptors (Lipinski definition) is 3. The standard InChI is InChI=1S/C18H28O5S/c1-2-3-4-5-6-8-15(9-7-10-18(19)20)16-11-13-17(14-12-16)24(21,22)23/h11-15H,2-10H2,1H3,(H,19,20)(H,21,22,23). The molecule has 6 heteroatoms. The summed E-state index contributed by atoms with van der Waals surface area (Å²) in [4.78, 5) is 10.6. The Morgan fingerprint density at radius 1 is 1.00 bits per heavy atom. The Kier molecular flexibility index (Phi) is 9.00. The van der Waals surface area contributed by atoms with Crippen molar-refractivity contribution in [3.05, 3.63) is 29.8 Å². The number of hydrogen-bond donors (Lipinski definition) is 2. The summed E-state index contributed by atoms with van der Waals surface area (Å²) < 4.78 is 31.3. The fourth-order valence-corrected chi connectivity index (χ4v) is 3.36. The van der Waals surface area contributed by atoms with Crippen molar-refractivity contribution in [1.29, 1.82) is 0 Å². The SMILES string of the molecule is CCCCCCCC(CCCC(=O)O)c1ccc(S(=O)(=O)O)cc1. The molecule has 0 aliphatic rings. The molecule has 0 radical (unpaired) electrons. The summed E-state index contributed by atoms with van der Waals surface area (Å²) in [5.74, 6) is -0.570. The lowest BCUT2D eigenvalue weighted by atomic mass is 9.88. The summed E-state index contributed by atoms with van der Waals surface area (Å²) in [6, 6.07) is 6.26. The second-order valence-corrected chi connectivity index (χ2v) is 7.65. The van der Waals surface area contributed by atoms with Gasteiger partial charge >= 0.3 is 5.97 Å². The van der Waals surface area contributed by atoms with E-state index in [1.807, 2.05) is 0 Å². The highest BCUT2D eigenvalue weighted by Crippen LogP contribution is 2.29. The lowest BCUT2D eigenvalue weighted by molar-refractivity contribution is -0.137. The molecule has 0 saturated heterocycles. The molecule has 2 N–H and O–H groups in total. The Bertz CT molecular complexity index is 592. The molecule has 0 saturated carbocycles. The van der Waals surface area contributed by atoms with Crippen LogP contribution in [0.2, 0.25) is 0 Å². The van der Waals surface area contributed by atoms with Crippen LogP contribution in [0.3, 0.4) is 0 Å². The molecular weight excluding hydrogens is 328 g/mol. The normalized spacial score (nSPS) is 12.9. The summed E-state index contributed by atoms with van der Waals surface area (Å²) in [7, 11) is -4.18. The third-order valence-electron chi connectivity index (χ3n) is 4.25. The van der Waals surface area contributed by atoms with E-state index in [0.717, 1.165) is 31.2 Å². The van der Waals surface area contributed by atoms with Crippen LogP contribution in [0.15, 0.2) is 29.2 Å². The van der Waals surface area contributed by atoms with Crippen LogP contribution >= 0.6 is 0 Å². The zero-order chi connectivity index (χ0) is 18.0. The molecule has 1 unspecified atom stereocenters. The number of carboxylic acid groups (broad SMARTS) is 1. The third-order valence-corrected chi connectivity index (χ3v) is 5.12. The van der Waals surface area contributed by atoms with Crippen LogP contribution in [0.5, 0.6) is 0 Å². The average molecular weight is 356 g/mol. The second-order valence-electron chi connectivity index (χ2n) is 6.23. The van der Waals surface area contributed by atoms with Gasteiger partial charge in [-0.2, -0.15) is 8.42 Å². The van der Waals surface area contributed by atoms with Gasteiger partial charge in [0.15, 0.2) is 0 Å². The van der Waals surface area contributed by atoms with Crippen molar-refractivity contribution in [3.63, 3.8) is 0 Å². The smallest absolute Gasteiger partial charge is 0.303 e. The van der Waals surface area contributed by atoms with Gasteiger partial charge in [0.2, 0.25) is 0 Å². The third kappa shape index (κ3) is 7.93. The minimum Gasteiger partial charge on any atom is -0.481 e. The summed E-state index contributed by atoms with van der Waals surface area (Å²) in [6.07, 6.45) is 8.36. The first-order valence-corrected chi connectivity index (χ1v) is 10.1. The molecule has 0 fully saturated rings. The second kappa shape index (κ2) is 10.5. The van der Waals surface area contributed by atoms with Gasteiger partial charge in [-0.1, -0.05) is 51.2 Å². The number of unbranched alkanes of at least 4 members (excludes halogenated alkanes) is 4. The molecule has 0 aromatic heterocycles. The van der Waals surface area contributed by atoms with Crippen molar-refractivity contribution in [2.24, 2.45) is 0 Å². The van der Waals surface area contributed by atoms with Crippen LogP contribution in [0.1, 0.15) is 76.2 Å². The van der Waals surface area contributed by atoms with Gasteiger partial charge in [-0.3, -0.25) is 9.35 Å². The molecule has 1 aromatic rings. The maximum Gasteiger partial charge on any atom is 0.303 e. The van der Waals surface area contributed by atoms with Crippen molar-refractivity contribution in [2.45, 2.75) is 75.5 Å².